The molecular weight excluding hydrogens is 188 g/mol. The van der Waals surface area contributed by atoms with Gasteiger partial charge in [0.2, 0.25) is 5.91 Å². The number of carboxylic acid groups (broad SMARTS) is 1. The second-order valence-electron chi connectivity index (χ2n) is 2.85. The summed E-state index contributed by atoms with van der Waals surface area (Å²) in [6, 6.07) is -1.20. The summed E-state index contributed by atoms with van der Waals surface area (Å²) in [5, 5.41) is 22.2. The Hall–Kier alpha value is -1.14. The number of carboxylic acids is 1. The Morgan fingerprint density at radius 2 is 2.07 bits per heavy atom. The highest BCUT2D eigenvalue weighted by atomic mass is 16.4. The molecule has 0 aromatic carbocycles. The van der Waals surface area contributed by atoms with Crippen LogP contribution in [0, 0.1) is 0 Å². The van der Waals surface area contributed by atoms with Crippen LogP contribution in [0.3, 0.4) is 0 Å². The summed E-state index contributed by atoms with van der Waals surface area (Å²) < 4.78 is 0. The van der Waals surface area contributed by atoms with Crippen LogP contribution >= 0.6 is 0 Å². The predicted octanol–water partition coefficient (Wildman–Crippen LogP) is -1.45. The van der Waals surface area contributed by atoms with Crippen molar-refractivity contribution in [1.82, 2.24) is 10.6 Å². The Bertz CT molecular complexity index is 196. The van der Waals surface area contributed by atoms with Gasteiger partial charge in [0.25, 0.3) is 0 Å². The van der Waals surface area contributed by atoms with E-state index in [4.69, 9.17) is 10.2 Å². The van der Waals surface area contributed by atoms with Gasteiger partial charge in [0, 0.05) is 6.42 Å². The highest BCUT2D eigenvalue weighted by molar-refractivity contribution is 5.83. The van der Waals surface area contributed by atoms with Crippen molar-refractivity contribution < 1.29 is 19.8 Å². The van der Waals surface area contributed by atoms with Crippen LogP contribution in [0.4, 0.5) is 0 Å². The van der Waals surface area contributed by atoms with E-state index in [0.717, 1.165) is 0 Å². The number of aliphatic carboxylic acids is 1. The zero-order chi connectivity index (χ0) is 11.0. The quantitative estimate of drug-likeness (QED) is 0.380. The van der Waals surface area contributed by atoms with Crippen molar-refractivity contribution in [3.05, 3.63) is 0 Å². The summed E-state index contributed by atoms with van der Waals surface area (Å²) in [7, 11) is 1.77. The Morgan fingerprint density at radius 1 is 1.43 bits per heavy atom. The highest BCUT2D eigenvalue weighted by Gasteiger charge is 2.17. The molecule has 0 rings (SSSR count). The predicted molar refractivity (Wildman–Crippen MR) is 49.8 cm³/mol. The first-order valence-electron chi connectivity index (χ1n) is 4.39. The molecule has 82 valence electrons. The number of carbonyl (C=O) groups excluding carboxylic acids is 1. The molecule has 0 aliphatic carbocycles. The van der Waals surface area contributed by atoms with E-state index in [2.05, 4.69) is 10.6 Å². The van der Waals surface area contributed by atoms with Crippen LogP contribution in [0.2, 0.25) is 0 Å². The Kier molecular flexibility index (Phi) is 6.69. The molecule has 1 atom stereocenters. The Balaban J connectivity index is 3.74. The summed E-state index contributed by atoms with van der Waals surface area (Å²) in [5.41, 5.74) is 0. The zero-order valence-electron chi connectivity index (χ0n) is 8.12. The van der Waals surface area contributed by atoms with Crippen LogP contribution in [0.1, 0.15) is 12.8 Å². The number of hydrogen-bond acceptors (Lipinski definition) is 4. The van der Waals surface area contributed by atoms with Gasteiger partial charge in [-0.1, -0.05) is 0 Å². The minimum atomic E-state index is -1.23. The van der Waals surface area contributed by atoms with Gasteiger partial charge in [0.05, 0.1) is 6.61 Å². The normalized spacial score (nSPS) is 12.1. The van der Waals surface area contributed by atoms with E-state index >= 15 is 0 Å². The monoisotopic (exact) mass is 204 g/mol. The number of carbonyl (C=O) groups is 2. The lowest BCUT2D eigenvalue weighted by Crippen LogP contribution is -2.43. The number of hydrogen-bond donors (Lipinski definition) is 4. The van der Waals surface area contributed by atoms with Crippen molar-refractivity contribution >= 4 is 11.9 Å². The summed E-state index contributed by atoms with van der Waals surface area (Å²) in [6.45, 7) is 0.109. The third-order valence-corrected chi connectivity index (χ3v) is 1.65. The van der Waals surface area contributed by atoms with E-state index in [9.17, 15) is 9.59 Å². The van der Waals surface area contributed by atoms with Gasteiger partial charge in [-0.3, -0.25) is 4.79 Å². The van der Waals surface area contributed by atoms with Crippen molar-refractivity contribution in [2.45, 2.75) is 18.9 Å². The van der Waals surface area contributed by atoms with E-state index in [1.54, 1.807) is 7.05 Å². The number of nitrogens with one attached hydrogen (secondary N) is 2. The zero-order valence-corrected chi connectivity index (χ0v) is 8.12. The molecule has 6 heteroatoms. The van der Waals surface area contributed by atoms with E-state index in [0.29, 0.717) is 13.0 Å². The number of rotatable bonds is 7. The van der Waals surface area contributed by atoms with Gasteiger partial charge in [0.15, 0.2) is 0 Å². The van der Waals surface area contributed by atoms with Crippen LogP contribution in [0.5, 0.6) is 0 Å². The molecule has 0 radical (unpaired) electrons. The molecule has 0 aliphatic heterocycles. The van der Waals surface area contributed by atoms with E-state index in [1.165, 1.54) is 0 Å². The molecule has 4 N–H and O–H groups in total. The standard InChI is InChI=1S/C8H16N2O4/c1-9-4-2-3-7(12)10-6(5-11)8(13)14/h6,9,11H,2-5H2,1H3,(H,10,12)(H,13,14)/t6-/m0/s1. The molecule has 1 amide bonds. The lowest BCUT2D eigenvalue weighted by Gasteiger charge is -2.11. The van der Waals surface area contributed by atoms with E-state index < -0.39 is 18.6 Å². The van der Waals surface area contributed by atoms with Gasteiger partial charge in [-0.05, 0) is 20.0 Å². The molecule has 6 nitrogen and oxygen atoms in total. The van der Waals surface area contributed by atoms with Crippen LogP contribution in [-0.4, -0.2) is 48.3 Å². The summed E-state index contributed by atoms with van der Waals surface area (Å²) >= 11 is 0. The van der Waals surface area contributed by atoms with Crippen LogP contribution in [-0.2, 0) is 9.59 Å². The van der Waals surface area contributed by atoms with Gasteiger partial charge >= 0.3 is 5.97 Å². The first-order valence-corrected chi connectivity index (χ1v) is 4.39. The minimum Gasteiger partial charge on any atom is -0.480 e. The first-order chi connectivity index (χ1) is 6.61. The maximum absolute atomic E-state index is 11.1. The maximum Gasteiger partial charge on any atom is 0.328 e. The third kappa shape index (κ3) is 5.50. The summed E-state index contributed by atoms with van der Waals surface area (Å²) in [6.07, 6.45) is 0.894. The van der Waals surface area contributed by atoms with Crippen molar-refractivity contribution in [3.63, 3.8) is 0 Å². The van der Waals surface area contributed by atoms with Gasteiger partial charge in [-0.15, -0.1) is 0 Å². The molecule has 0 aromatic heterocycles. The molecule has 0 unspecified atom stereocenters. The topological polar surface area (TPSA) is 98.7 Å². The Morgan fingerprint density at radius 3 is 2.50 bits per heavy atom. The van der Waals surface area contributed by atoms with Gasteiger partial charge < -0.3 is 20.8 Å². The maximum atomic E-state index is 11.1. The van der Waals surface area contributed by atoms with Crippen molar-refractivity contribution in [3.8, 4) is 0 Å². The van der Waals surface area contributed by atoms with Crippen molar-refractivity contribution in [2.75, 3.05) is 20.2 Å². The van der Waals surface area contributed by atoms with E-state index in [-0.39, 0.29) is 12.3 Å². The summed E-state index contributed by atoms with van der Waals surface area (Å²) in [5.74, 6) is -1.59. The van der Waals surface area contributed by atoms with Gasteiger partial charge in [0.1, 0.15) is 6.04 Å². The molecule has 0 spiro atoms. The molecular formula is C8H16N2O4. The SMILES string of the molecule is CNCCCC(=O)N[C@@H](CO)C(=O)O. The van der Waals surface area contributed by atoms with Crippen molar-refractivity contribution in [1.29, 1.82) is 0 Å². The van der Waals surface area contributed by atoms with Crippen LogP contribution < -0.4 is 10.6 Å². The fourth-order valence-corrected chi connectivity index (χ4v) is 0.878. The Labute approximate surface area is 82.3 Å². The molecule has 14 heavy (non-hydrogen) atoms. The number of aliphatic hydroxyl groups is 1. The van der Waals surface area contributed by atoms with E-state index in [1.807, 2.05) is 0 Å². The van der Waals surface area contributed by atoms with Gasteiger partial charge in [-0.2, -0.15) is 0 Å². The fourth-order valence-electron chi connectivity index (χ4n) is 0.878. The van der Waals surface area contributed by atoms with Crippen molar-refractivity contribution in [2.24, 2.45) is 0 Å². The smallest absolute Gasteiger partial charge is 0.328 e. The molecule has 0 fully saturated rings. The second-order valence-corrected chi connectivity index (χ2v) is 2.85. The molecule has 0 bridgehead atoms. The largest absolute Gasteiger partial charge is 0.480 e. The first kappa shape index (κ1) is 12.9. The minimum absolute atomic E-state index is 0.255. The molecule has 0 saturated carbocycles. The van der Waals surface area contributed by atoms with Crippen LogP contribution in [0.25, 0.3) is 0 Å². The van der Waals surface area contributed by atoms with Gasteiger partial charge in [-0.25, -0.2) is 4.79 Å². The number of amides is 1. The molecule has 0 aromatic rings. The molecule has 0 aliphatic rings. The molecule has 0 saturated heterocycles. The third-order valence-electron chi connectivity index (χ3n) is 1.65. The lowest BCUT2D eigenvalue weighted by molar-refractivity contribution is -0.142. The lowest BCUT2D eigenvalue weighted by atomic mass is 10.2. The summed E-state index contributed by atoms with van der Waals surface area (Å²) in [4.78, 5) is 21.5. The number of aliphatic hydroxyl groups excluding tert-OH is 1. The van der Waals surface area contributed by atoms with Crippen LogP contribution in [0.15, 0.2) is 0 Å². The average molecular weight is 204 g/mol. The second kappa shape index (κ2) is 7.28. The fraction of sp³-hybridized carbons (Fsp3) is 0.750. The molecule has 0 heterocycles. The average Bonchev–Trinajstić information content (AvgIpc) is 2.14. The highest BCUT2D eigenvalue weighted by Crippen LogP contribution is 1.89.